The van der Waals surface area contributed by atoms with Crippen LogP contribution < -0.4 is 14.8 Å². The molecule has 2 atom stereocenters. The highest BCUT2D eigenvalue weighted by molar-refractivity contribution is 5.82. The van der Waals surface area contributed by atoms with Crippen molar-refractivity contribution in [2.45, 2.75) is 38.8 Å². The third-order valence-corrected chi connectivity index (χ3v) is 5.07. The lowest BCUT2D eigenvalue weighted by atomic mass is 9.96. The molecule has 7 nitrogen and oxygen atoms in total. The van der Waals surface area contributed by atoms with Crippen LogP contribution in [-0.4, -0.2) is 55.2 Å². The number of hydrogen-bond donors (Lipinski definition) is 2. The van der Waals surface area contributed by atoms with Crippen molar-refractivity contribution < 1.29 is 24.2 Å². The Bertz CT molecular complexity index is 641. The second-order valence-corrected chi connectivity index (χ2v) is 6.66. The van der Waals surface area contributed by atoms with Gasteiger partial charge < -0.3 is 19.9 Å². The van der Waals surface area contributed by atoms with Crippen LogP contribution in [0.1, 0.15) is 38.3 Å². The van der Waals surface area contributed by atoms with Crippen LogP contribution in [0, 0.1) is 5.92 Å². The molecule has 1 amide bonds. The summed E-state index contributed by atoms with van der Waals surface area (Å²) in [5.74, 6) is 0.248. The van der Waals surface area contributed by atoms with Gasteiger partial charge in [-0.3, -0.25) is 14.5 Å². The highest BCUT2D eigenvalue weighted by atomic mass is 16.5. The van der Waals surface area contributed by atoms with Crippen LogP contribution in [0.25, 0.3) is 0 Å². The quantitative estimate of drug-likeness (QED) is 0.770. The van der Waals surface area contributed by atoms with Gasteiger partial charge in [0, 0.05) is 5.56 Å². The first-order valence-electron chi connectivity index (χ1n) is 8.86. The second-order valence-electron chi connectivity index (χ2n) is 6.66. The zero-order valence-electron chi connectivity index (χ0n) is 15.8. The maximum atomic E-state index is 12.7. The van der Waals surface area contributed by atoms with Crippen molar-refractivity contribution >= 4 is 11.9 Å². The van der Waals surface area contributed by atoms with Crippen molar-refractivity contribution in [3.8, 4) is 11.5 Å². The van der Waals surface area contributed by atoms with Crippen molar-refractivity contribution in [2.24, 2.45) is 5.92 Å². The molecular weight excluding hydrogens is 336 g/mol. The summed E-state index contributed by atoms with van der Waals surface area (Å²) < 4.78 is 10.6. The fraction of sp³-hybridized carbons (Fsp3) is 0.579. The summed E-state index contributed by atoms with van der Waals surface area (Å²) >= 11 is 0. The van der Waals surface area contributed by atoms with Crippen molar-refractivity contribution in [1.29, 1.82) is 0 Å². The Balaban J connectivity index is 1.99. The van der Waals surface area contributed by atoms with Gasteiger partial charge in [0.05, 0.1) is 32.2 Å². The van der Waals surface area contributed by atoms with E-state index >= 15 is 0 Å². The number of hydrogen-bond acceptors (Lipinski definition) is 5. The summed E-state index contributed by atoms with van der Waals surface area (Å²) in [4.78, 5) is 25.7. The molecule has 1 aliphatic heterocycles. The van der Waals surface area contributed by atoms with Gasteiger partial charge in [0.2, 0.25) is 5.91 Å². The number of aliphatic carboxylic acids is 1. The van der Waals surface area contributed by atoms with Gasteiger partial charge in [-0.2, -0.15) is 0 Å². The van der Waals surface area contributed by atoms with Crippen molar-refractivity contribution in [3.63, 3.8) is 0 Å². The molecule has 1 aliphatic rings. The van der Waals surface area contributed by atoms with Crippen molar-refractivity contribution in [2.75, 3.05) is 27.3 Å². The second kappa shape index (κ2) is 8.89. The molecule has 1 aromatic rings. The number of ether oxygens (including phenoxy) is 2. The molecule has 144 valence electrons. The minimum Gasteiger partial charge on any atom is -0.497 e. The van der Waals surface area contributed by atoms with Gasteiger partial charge in [0.15, 0.2) is 0 Å². The van der Waals surface area contributed by atoms with E-state index in [-0.39, 0.29) is 23.9 Å². The Morgan fingerprint density at radius 2 is 1.85 bits per heavy atom. The Hall–Kier alpha value is -2.28. The standard InChI is InChI=1S/C19H28N2O5/c1-12(16-11-15(25-3)5-6-17(16)26-4)20-18(22)13(2)21-9-7-14(8-10-21)19(23)24/h5-6,11-14H,7-10H2,1-4H3,(H,20,22)(H,23,24). The molecule has 1 aromatic carbocycles. The molecule has 0 radical (unpaired) electrons. The molecule has 2 unspecified atom stereocenters. The maximum absolute atomic E-state index is 12.7. The highest BCUT2D eigenvalue weighted by Crippen LogP contribution is 2.29. The monoisotopic (exact) mass is 364 g/mol. The summed E-state index contributed by atoms with van der Waals surface area (Å²) in [6, 6.07) is 4.92. The molecule has 2 N–H and O–H groups in total. The number of nitrogens with one attached hydrogen (secondary N) is 1. The van der Waals surface area contributed by atoms with Gasteiger partial charge in [0.1, 0.15) is 11.5 Å². The lowest BCUT2D eigenvalue weighted by Gasteiger charge is -2.34. The van der Waals surface area contributed by atoms with Crippen LogP contribution in [0.4, 0.5) is 0 Å². The number of likely N-dealkylation sites (tertiary alicyclic amines) is 1. The molecule has 1 heterocycles. The number of carbonyl (C=O) groups excluding carboxylic acids is 1. The number of piperidine rings is 1. The number of carboxylic acid groups (broad SMARTS) is 1. The number of methoxy groups -OCH3 is 2. The normalized spacial score (nSPS) is 18.0. The number of nitrogens with zero attached hydrogens (tertiary/aromatic N) is 1. The minimum absolute atomic E-state index is 0.0869. The average molecular weight is 364 g/mol. The Morgan fingerprint density at radius 3 is 2.38 bits per heavy atom. The van der Waals surface area contributed by atoms with Crippen LogP contribution in [0.5, 0.6) is 11.5 Å². The summed E-state index contributed by atoms with van der Waals surface area (Å²) in [6.45, 7) is 4.98. The summed E-state index contributed by atoms with van der Waals surface area (Å²) in [5.41, 5.74) is 0.844. The van der Waals surface area contributed by atoms with Crippen LogP contribution in [0.2, 0.25) is 0 Å². The Morgan fingerprint density at radius 1 is 1.19 bits per heavy atom. The largest absolute Gasteiger partial charge is 0.497 e. The van der Waals surface area contributed by atoms with Crippen LogP contribution in [0.3, 0.4) is 0 Å². The van der Waals surface area contributed by atoms with Gasteiger partial charge in [-0.1, -0.05) is 0 Å². The molecule has 7 heteroatoms. The minimum atomic E-state index is -0.750. The Kier molecular flexibility index (Phi) is 6.85. The lowest BCUT2D eigenvalue weighted by molar-refractivity contribution is -0.143. The predicted molar refractivity (Wildman–Crippen MR) is 97.5 cm³/mol. The fourth-order valence-corrected chi connectivity index (χ4v) is 3.29. The number of carbonyl (C=O) groups is 2. The molecule has 26 heavy (non-hydrogen) atoms. The highest BCUT2D eigenvalue weighted by Gasteiger charge is 2.30. The van der Waals surface area contributed by atoms with Gasteiger partial charge in [-0.25, -0.2) is 0 Å². The zero-order valence-corrected chi connectivity index (χ0v) is 15.8. The number of rotatable bonds is 7. The molecule has 0 bridgehead atoms. The molecule has 0 saturated carbocycles. The van der Waals surface area contributed by atoms with Gasteiger partial charge in [-0.15, -0.1) is 0 Å². The number of amides is 1. The van der Waals surface area contributed by atoms with E-state index in [0.29, 0.717) is 37.4 Å². The third-order valence-electron chi connectivity index (χ3n) is 5.07. The first-order chi connectivity index (χ1) is 12.4. The third kappa shape index (κ3) is 4.66. The van der Waals surface area contributed by atoms with Gasteiger partial charge in [-0.05, 0) is 58.0 Å². The zero-order chi connectivity index (χ0) is 19.3. The van der Waals surface area contributed by atoms with E-state index in [9.17, 15) is 9.59 Å². The summed E-state index contributed by atoms with van der Waals surface area (Å²) in [6.07, 6.45) is 1.15. The number of carboxylic acids is 1. The molecule has 0 aromatic heterocycles. The molecule has 1 saturated heterocycles. The predicted octanol–water partition coefficient (Wildman–Crippen LogP) is 2.07. The lowest BCUT2D eigenvalue weighted by Crippen LogP contribution is -2.49. The van der Waals surface area contributed by atoms with Crippen LogP contribution in [-0.2, 0) is 9.59 Å². The molecule has 1 fully saturated rings. The Labute approximate surface area is 154 Å². The van der Waals surface area contributed by atoms with E-state index in [4.69, 9.17) is 14.6 Å². The van der Waals surface area contributed by atoms with E-state index in [1.165, 1.54) is 0 Å². The van der Waals surface area contributed by atoms with Crippen LogP contribution in [0.15, 0.2) is 18.2 Å². The first kappa shape index (κ1) is 20.0. The molecular formula is C19H28N2O5. The summed E-state index contributed by atoms with van der Waals surface area (Å²) in [7, 11) is 3.19. The topological polar surface area (TPSA) is 88.1 Å². The van der Waals surface area contributed by atoms with Crippen LogP contribution >= 0.6 is 0 Å². The molecule has 0 aliphatic carbocycles. The fourth-order valence-electron chi connectivity index (χ4n) is 3.29. The van der Waals surface area contributed by atoms with E-state index in [0.717, 1.165) is 5.56 Å². The summed E-state index contributed by atoms with van der Waals surface area (Å²) in [5, 5.41) is 12.1. The van der Waals surface area contributed by atoms with E-state index in [1.807, 2.05) is 36.9 Å². The van der Waals surface area contributed by atoms with Crippen molar-refractivity contribution in [1.82, 2.24) is 10.2 Å². The molecule has 2 rings (SSSR count). The SMILES string of the molecule is COc1ccc(OC)c(C(C)NC(=O)C(C)N2CCC(C(=O)O)CC2)c1. The smallest absolute Gasteiger partial charge is 0.306 e. The first-order valence-corrected chi connectivity index (χ1v) is 8.86. The van der Waals surface area contributed by atoms with Crippen molar-refractivity contribution in [3.05, 3.63) is 23.8 Å². The van der Waals surface area contributed by atoms with E-state index < -0.39 is 5.97 Å². The molecule has 0 spiro atoms. The van der Waals surface area contributed by atoms with Gasteiger partial charge in [0.25, 0.3) is 0 Å². The van der Waals surface area contributed by atoms with E-state index in [1.54, 1.807) is 14.2 Å². The maximum Gasteiger partial charge on any atom is 0.306 e. The van der Waals surface area contributed by atoms with E-state index in [2.05, 4.69) is 5.32 Å². The van der Waals surface area contributed by atoms with Gasteiger partial charge >= 0.3 is 5.97 Å². The average Bonchev–Trinajstić information content (AvgIpc) is 2.66. The number of benzene rings is 1.